The van der Waals surface area contributed by atoms with E-state index in [9.17, 15) is 0 Å². The van der Waals surface area contributed by atoms with Gasteiger partial charge in [-0.15, -0.1) is 0 Å². The number of nitrogens with zero attached hydrogens (tertiary/aromatic N) is 4. The summed E-state index contributed by atoms with van der Waals surface area (Å²) in [5, 5.41) is 3.42. The largest absolute Gasteiger partial charge is 0.488 e. The molecule has 2 heterocycles. The van der Waals surface area contributed by atoms with Gasteiger partial charge in [-0.25, -0.2) is 15.0 Å². The molecule has 3 N–H and O–H groups in total. The third-order valence-electron chi connectivity index (χ3n) is 5.39. The van der Waals surface area contributed by atoms with Crippen LogP contribution in [0.1, 0.15) is 51.1 Å². The maximum absolute atomic E-state index is 6.38. The predicted molar refractivity (Wildman–Crippen MR) is 123 cm³/mol. The number of anilines is 2. The van der Waals surface area contributed by atoms with Crippen molar-refractivity contribution in [2.75, 3.05) is 11.1 Å². The van der Waals surface area contributed by atoms with E-state index < -0.39 is 0 Å². The van der Waals surface area contributed by atoms with Gasteiger partial charge in [0.25, 0.3) is 0 Å². The summed E-state index contributed by atoms with van der Waals surface area (Å²) in [6.07, 6.45) is 12.6. The lowest BCUT2D eigenvalue weighted by Gasteiger charge is -2.29. The summed E-state index contributed by atoms with van der Waals surface area (Å²) in [5.41, 5.74) is 9.33. The van der Waals surface area contributed by atoms with E-state index in [0.29, 0.717) is 17.7 Å². The van der Waals surface area contributed by atoms with E-state index in [1.807, 2.05) is 18.3 Å². The lowest BCUT2D eigenvalue weighted by molar-refractivity contribution is 0.151. The number of unbranched alkanes of at least 4 members (excludes halogenated alkanes) is 1. The van der Waals surface area contributed by atoms with Gasteiger partial charge >= 0.3 is 0 Å². The van der Waals surface area contributed by atoms with Gasteiger partial charge in [-0.1, -0.05) is 13.3 Å². The summed E-state index contributed by atoms with van der Waals surface area (Å²) in [4.78, 5) is 18.0. The third-order valence-corrected chi connectivity index (χ3v) is 5.80. The number of rotatable bonds is 7. The quantitative estimate of drug-likeness (QED) is 0.473. The standard InChI is InChI=1S/C22H27BrN6O/c1-2-3-4-17-13-25-19-9-15(24)10-20(21(19)28-17)30-18-7-5-16(6-8-18)29-22-26-11-14(23)12-27-22/h9-13,16,18H,2-8,24H2,1H3,(H,26,27,29). The zero-order chi connectivity index (χ0) is 20.9. The average Bonchev–Trinajstić information content (AvgIpc) is 2.75. The molecule has 0 amide bonds. The predicted octanol–water partition coefficient (Wildman–Crippen LogP) is 4.91. The topological polar surface area (TPSA) is 98.8 Å². The van der Waals surface area contributed by atoms with E-state index in [-0.39, 0.29) is 6.10 Å². The Bertz CT molecular complexity index is 989. The molecule has 30 heavy (non-hydrogen) atoms. The highest BCUT2D eigenvalue weighted by molar-refractivity contribution is 9.10. The molecular formula is C22H27BrN6O. The Hall–Kier alpha value is -2.48. The van der Waals surface area contributed by atoms with Crippen molar-refractivity contribution < 1.29 is 4.74 Å². The van der Waals surface area contributed by atoms with Crippen molar-refractivity contribution in [3.8, 4) is 5.75 Å². The molecular weight excluding hydrogens is 444 g/mol. The third kappa shape index (κ3) is 5.16. The van der Waals surface area contributed by atoms with E-state index in [0.717, 1.165) is 71.9 Å². The van der Waals surface area contributed by atoms with Gasteiger partial charge in [0.15, 0.2) is 0 Å². The number of fused-ring (bicyclic) bond motifs is 1. The molecule has 0 unspecified atom stereocenters. The van der Waals surface area contributed by atoms with Gasteiger partial charge in [-0.2, -0.15) is 0 Å². The van der Waals surface area contributed by atoms with Crippen molar-refractivity contribution in [1.82, 2.24) is 19.9 Å². The van der Waals surface area contributed by atoms with Crippen molar-refractivity contribution in [2.45, 2.75) is 64.0 Å². The molecule has 1 aliphatic rings. The molecule has 7 nitrogen and oxygen atoms in total. The fourth-order valence-corrected chi connectivity index (χ4v) is 3.99. The molecule has 0 atom stereocenters. The minimum absolute atomic E-state index is 0.139. The number of ether oxygens (including phenoxy) is 1. The minimum atomic E-state index is 0.139. The van der Waals surface area contributed by atoms with Crippen LogP contribution in [0.5, 0.6) is 5.75 Å². The zero-order valence-corrected chi connectivity index (χ0v) is 18.7. The minimum Gasteiger partial charge on any atom is -0.488 e. The number of aromatic nitrogens is 4. The molecule has 0 aliphatic heterocycles. The second-order valence-corrected chi connectivity index (χ2v) is 8.73. The monoisotopic (exact) mass is 470 g/mol. The maximum atomic E-state index is 6.38. The number of aryl methyl sites for hydroxylation is 1. The summed E-state index contributed by atoms with van der Waals surface area (Å²) >= 11 is 3.36. The summed E-state index contributed by atoms with van der Waals surface area (Å²) in [6.45, 7) is 2.18. The van der Waals surface area contributed by atoms with Crippen LogP contribution in [0.15, 0.2) is 35.2 Å². The Labute approximate surface area is 185 Å². The normalized spacial score (nSPS) is 19.0. The van der Waals surface area contributed by atoms with Gasteiger partial charge in [0.1, 0.15) is 11.3 Å². The number of nitrogen functional groups attached to an aromatic ring is 1. The zero-order valence-electron chi connectivity index (χ0n) is 17.1. The van der Waals surface area contributed by atoms with Crippen LogP contribution in [0.25, 0.3) is 11.0 Å². The number of nitrogens with two attached hydrogens (primary N) is 1. The summed E-state index contributed by atoms with van der Waals surface area (Å²) < 4.78 is 7.25. The van der Waals surface area contributed by atoms with Crippen LogP contribution in [-0.4, -0.2) is 32.1 Å². The lowest BCUT2D eigenvalue weighted by atomic mass is 9.93. The molecule has 4 rings (SSSR count). The van der Waals surface area contributed by atoms with Gasteiger partial charge in [0.2, 0.25) is 5.95 Å². The molecule has 0 radical (unpaired) electrons. The van der Waals surface area contributed by atoms with E-state index in [4.69, 9.17) is 15.5 Å². The molecule has 0 bridgehead atoms. The molecule has 0 saturated heterocycles. The lowest BCUT2D eigenvalue weighted by Crippen LogP contribution is -2.31. The Balaban J connectivity index is 1.42. The van der Waals surface area contributed by atoms with Gasteiger partial charge in [0.05, 0.1) is 21.8 Å². The Morgan fingerprint density at radius 2 is 1.87 bits per heavy atom. The van der Waals surface area contributed by atoms with Crippen LogP contribution in [-0.2, 0) is 6.42 Å². The highest BCUT2D eigenvalue weighted by Gasteiger charge is 2.24. The Morgan fingerprint density at radius 3 is 2.60 bits per heavy atom. The van der Waals surface area contributed by atoms with Crippen molar-refractivity contribution in [2.24, 2.45) is 0 Å². The van der Waals surface area contributed by atoms with E-state index in [1.54, 1.807) is 12.4 Å². The van der Waals surface area contributed by atoms with Gasteiger partial charge in [-0.05, 0) is 60.5 Å². The van der Waals surface area contributed by atoms with Gasteiger partial charge < -0.3 is 15.8 Å². The number of benzene rings is 1. The Kier molecular flexibility index (Phi) is 6.62. The smallest absolute Gasteiger partial charge is 0.222 e. The first-order chi connectivity index (χ1) is 14.6. The highest BCUT2D eigenvalue weighted by atomic mass is 79.9. The summed E-state index contributed by atoms with van der Waals surface area (Å²) in [7, 11) is 0. The van der Waals surface area contributed by atoms with Crippen LogP contribution in [0.4, 0.5) is 11.6 Å². The van der Waals surface area contributed by atoms with Crippen LogP contribution in [0, 0.1) is 0 Å². The summed E-state index contributed by atoms with van der Waals surface area (Å²) in [6, 6.07) is 4.09. The summed E-state index contributed by atoms with van der Waals surface area (Å²) in [5.74, 6) is 1.41. The fourth-order valence-electron chi connectivity index (χ4n) is 3.78. The number of halogens is 1. The fraction of sp³-hybridized carbons (Fsp3) is 0.455. The maximum Gasteiger partial charge on any atom is 0.222 e. The van der Waals surface area contributed by atoms with E-state index in [2.05, 4.69) is 43.1 Å². The highest BCUT2D eigenvalue weighted by Crippen LogP contribution is 2.31. The molecule has 3 aromatic rings. The van der Waals surface area contributed by atoms with Crippen molar-refractivity contribution in [3.05, 3.63) is 40.9 Å². The van der Waals surface area contributed by atoms with Crippen LogP contribution >= 0.6 is 15.9 Å². The molecule has 8 heteroatoms. The average molecular weight is 471 g/mol. The Morgan fingerprint density at radius 1 is 1.10 bits per heavy atom. The first-order valence-corrected chi connectivity index (χ1v) is 11.4. The van der Waals surface area contributed by atoms with Crippen LogP contribution < -0.4 is 15.8 Å². The van der Waals surface area contributed by atoms with E-state index in [1.165, 1.54) is 0 Å². The van der Waals surface area contributed by atoms with Crippen molar-refractivity contribution in [1.29, 1.82) is 0 Å². The number of hydrogen-bond donors (Lipinski definition) is 2. The molecule has 158 valence electrons. The second kappa shape index (κ2) is 9.55. The van der Waals surface area contributed by atoms with Gasteiger partial charge in [0, 0.05) is 36.4 Å². The molecule has 1 fully saturated rings. The van der Waals surface area contributed by atoms with E-state index >= 15 is 0 Å². The molecule has 1 saturated carbocycles. The first-order valence-electron chi connectivity index (χ1n) is 10.6. The van der Waals surface area contributed by atoms with Crippen LogP contribution in [0.2, 0.25) is 0 Å². The first kappa shape index (κ1) is 20.8. The van der Waals surface area contributed by atoms with Crippen molar-refractivity contribution >= 4 is 38.6 Å². The number of hydrogen-bond acceptors (Lipinski definition) is 7. The number of nitrogens with one attached hydrogen (secondary N) is 1. The molecule has 1 aromatic carbocycles. The second-order valence-electron chi connectivity index (χ2n) is 7.81. The van der Waals surface area contributed by atoms with Crippen LogP contribution in [0.3, 0.4) is 0 Å². The van der Waals surface area contributed by atoms with Gasteiger partial charge in [-0.3, -0.25) is 4.98 Å². The molecule has 2 aromatic heterocycles. The SMILES string of the molecule is CCCCc1cnc2cc(N)cc(OC3CCC(Nc4ncc(Br)cn4)CC3)c2n1. The molecule has 0 spiro atoms. The van der Waals surface area contributed by atoms with Crippen molar-refractivity contribution in [3.63, 3.8) is 0 Å². The molecule has 1 aliphatic carbocycles.